The standard InChI is InChI=1S/C24H30N2O4S/c1-4-5-9-23-21(20-8-6-7-10-22(20)30-23)17-26(3)24(27)16-13-18-11-14-19(15-12-18)31(28,29)25-2/h6-8,10-12,14-15,25H,4-5,9,13,16-17H2,1-3H3. The molecule has 0 aliphatic heterocycles. The zero-order chi connectivity index (χ0) is 22.4. The van der Waals surface area contributed by atoms with Gasteiger partial charge in [-0.15, -0.1) is 0 Å². The molecule has 0 saturated heterocycles. The molecule has 7 heteroatoms. The molecule has 1 heterocycles. The molecule has 1 amide bonds. The highest BCUT2D eigenvalue weighted by Gasteiger charge is 2.18. The first-order valence-corrected chi connectivity index (χ1v) is 12.1. The van der Waals surface area contributed by atoms with Gasteiger partial charge in [0.2, 0.25) is 15.9 Å². The zero-order valence-corrected chi connectivity index (χ0v) is 19.2. The van der Waals surface area contributed by atoms with Gasteiger partial charge in [-0.3, -0.25) is 4.79 Å². The molecular formula is C24H30N2O4S. The minimum Gasteiger partial charge on any atom is -0.461 e. The Hall–Kier alpha value is -2.64. The average molecular weight is 443 g/mol. The first-order valence-electron chi connectivity index (χ1n) is 10.6. The smallest absolute Gasteiger partial charge is 0.240 e. The van der Waals surface area contributed by atoms with Crippen molar-refractivity contribution in [2.45, 2.75) is 50.5 Å². The minimum atomic E-state index is -3.45. The lowest BCUT2D eigenvalue weighted by Gasteiger charge is -2.18. The van der Waals surface area contributed by atoms with Gasteiger partial charge in [-0.25, -0.2) is 13.1 Å². The molecule has 1 aromatic heterocycles. The number of fused-ring (bicyclic) bond motifs is 1. The molecule has 0 saturated carbocycles. The summed E-state index contributed by atoms with van der Waals surface area (Å²) in [5.74, 6) is 1.00. The van der Waals surface area contributed by atoms with E-state index in [4.69, 9.17) is 4.42 Å². The van der Waals surface area contributed by atoms with Crippen LogP contribution >= 0.6 is 0 Å². The largest absolute Gasteiger partial charge is 0.461 e. The summed E-state index contributed by atoms with van der Waals surface area (Å²) in [5.41, 5.74) is 2.87. The van der Waals surface area contributed by atoms with Gasteiger partial charge in [-0.1, -0.05) is 43.7 Å². The van der Waals surface area contributed by atoms with Crippen molar-refractivity contribution in [3.63, 3.8) is 0 Å². The van der Waals surface area contributed by atoms with E-state index in [0.717, 1.165) is 47.1 Å². The fourth-order valence-electron chi connectivity index (χ4n) is 3.58. The Morgan fingerprint density at radius 2 is 1.77 bits per heavy atom. The van der Waals surface area contributed by atoms with Gasteiger partial charge in [0, 0.05) is 37.4 Å². The van der Waals surface area contributed by atoms with Crippen LogP contribution in [-0.4, -0.2) is 33.3 Å². The van der Waals surface area contributed by atoms with E-state index >= 15 is 0 Å². The summed E-state index contributed by atoms with van der Waals surface area (Å²) in [5, 5.41) is 1.06. The minimum absolute atomic E-state index is 0.0404. The van der Waals surface area contributed by atoms with E-state index in [1.165, 1.54) is 7.05 Å². The summed E-state index contributed by atoms with van der Waals surface area (Å²) in [6.07, 6.45) is 3.90. The van der Waals surface area contributed by atoms with E-state index in [-0.39, 0.29) is 10.8 Å². The Morgan fingerprint density at radius 1 is 1.06 bits per heavy atom. The summed E-state index contributed by atoms with van der Waals surface area (Å²) in [4.78, 5) is 14.7. The number of para-hydroxylation sites is 1. The SMILES string of the molecule is CCCCc1oc2ccccc2c1CN(C)C(=O)CCc1ccc(S(=O)(=O)NC)cc1. The second-order valence-corrected chi connectivity index (χ2v) is 9.59. The number of hydrogen-bond acceptors (Lipinski definition) is 4. The van der Waals surface area contributed by atoms with Crippen molar-refractivity contribution in [2.75, 3.05) is 14.1 Å². The van der Waals surface area contributed by atoms with Crippen LogP contribution < -0.4 is 4.72 Å². The number of aryl methyl sites for hydroxylation is 2. The topological polar surface area (TPSA) is 79.6 Å². The van der Waals surface area contributed by atoms with Crippen LogP contribution in [0.1, 0.15) is 43.1 Å². The highest BCUT2D eigenvalue weighted by atomic mass is 32.2. The maximum absolute atomic E-state index is 12.8. The van der Waals surface area contributed by atoms with Crippen molar-refractivity contribution in [1.82, 2.24) is 9.62 Å². The zero-order valence-electron chi connectivity index (χ0n) is 18.3. The number of carbonyl (C=O) groups is 1. The van der Waals surface area contributed by atoms with Crippen LogP contribution in [-0.2, 0) is 34.2 Å². The van der Waals surface area contributed by atoms with E-state index in [2.05, 4.69) is 11.6 Å². The number of hydrogen-bond donors (Lipinski definition) is 1. The second-order valence-electron chi connectivity index (χ2n) is 7.70. The number of benzene rings is 2. The normalized spacial score (nSPS) is 11.7. The molecule has 166 valence electrons. The number of rotatable bonds is 10. The maximum Gasteiger partial charge on any atom is 0.240 e. The third-order valence-corrected chi connectivity index (χ3v) is 6.92. The van der Waals surface area contributed by atoms with Gasteiger partial charge in [-0.2, -0.15) is 0 Å². The average Bonchev–Trinajstić information content (AvgIpc) is 3.13. The predicted molar refractivity (Wildman–Crippen MR) is 122 cm³/mol. The van der Waals surface area contributed by atoms with Crippen molar-refractivity contribution in [1.29, 1.82) is 0 Å². The van der Waals surface area contributed by atoms with Crippen LogP contribution in [0.25, 0.3) is 11.0 Å². The van der Waals surface area contributed by atoms with Gasteiger partial charge in [0.05, 0.1) is 4.90 Å². The maximum atomic E-state index is 12.8. The molecule has 0 unspecified atom stereocenters. The molecule has 3 aromatic rings. The molecule has 0 atom stereocenters. The molecule has 1 N–H and O–H groups in total. The fourth-order valence-corrected chi connectivity index (χ4v) is 4.31. The lowest BCUT2D eigenvalue weighted by molar-refractivity contribution is -0.130. The molecule has 0 fully saturated rings. The quantitative estimate of drug-likeness (QED) is 0.508. The van der Waals surface area contributed by atoms with Crippen molar-refractivity contribution in [2.24, 2.45) is 0 Å². The van der Waals surface area contributed by atoms with Crippen LogP contribution in [0.5, 0.6) is 0 Å². The Balaban J connectivity index is 1.66. The molecular weight excluding hydrogens is 412 g/mol. The monoisotopic (exact) mass is 442 g/mol. The fraction of sp³-hybridized carbons (Fsp3) is 0.375. The van der Waals surface area contributed by atoms with Crippen molar-refractivity contribution in [3.8, 4) is 0 Å². The van der Waals surface area contributed by atoms with Gasteiger partial charge in [0.25, 0.3) is 0 Å². The van der Waals surface area contributed by atoms with E-state index in [9.17, 15) is 13.2 Å². The molecule has 0 bridgehead atoms. The van der Waals surface area contributed by atoms with Gasteiger partial charge in [-0.05, 0) is 43.7 Å². The first-order chi connectivity index (χ1) is 14.9. The van der Waals surface area contributed by atoms with Gasteiger partial charge in [0.1, 0.15) is 11.3 Å². The number of sulfonamides is 1. The summed E-state index contributed by atoms with van der Waals surface area (Å²) in [7, 11) is -0.252. The Labute approximate surface area is 184 Å². The number of furan rings is 1. The molecule has 2 aromatic carbocycles. The van der Waals surface area contributed by atoms with Crippen molar-refractivity contribution in [3.05, 3.63) is 65.4 Å². The number of nitrogens with zero attached hydrogens (tertiary/aromatic N) is 1. The first kappa shape index (κ1) is 23.0. The van der Waals surface area contributed by atoms with Gasteiger partial charge in [0.15, 0.2) is 0 Å². The summed E-state index contributed by atoms with van der Waals surface area (Å²) in [6.45, 7) is 2.66. The Morgan fingerprint density at radius 3 is 2.45 bits per heavy atom. The number of carbonyl (C=O) groups excluding carboxylic acids is 1. The number of unbranched alkanes of at least 4 members (excludes halogenated alkanes) is 1. The Bertz CT molecular complexity index is 1130. The van der Waals surface area contributed by atoms with E-state index in [1.54, 1.807) is 29.2 Å². The lowest BCUT2D eigenvalue weighted by atomic mass is 10.1. The van der Waals surface area contributed by atoms with Crippen LogP contribution in [0.2, 0.25) is 0 Å². The lowest BCUT2D eigenvalue weighted by Crippen LogP contribution is -2.26. The van der Waals surface area contributed by atoms with Crippen LogP contribution in [0.4, 0.5) is 0 Å². The molecule has 31 heavy (non-hydrogen) atoms. The highest BCUT2D eigenvalue weighted by Crippen LogP contribution is 2.28. The van der Waals surface area contributed by atoms with Crippen LogP contribution in [0.15, 0.2) is 57.8 Å². The van der Waals surface area contributed by atoms with Gasteiger partial charge >= 0.3 is 0 Å². The van der Waals surface area contributed by atoms with Gasteiger partial charge < -0.3 is 9.32 Å². The molecule has 0 aliphatic rings. The summed E-state index contributed by atoms with van der Waals surface area (Å²) >= 11 is 0. The number of amides is 1. The third-order valence-electron chi connectivity index (χ3n) is 5.49. The van der Waals surface area contributed by atoms with E-state index in [1.807, 2.05) is 31.3 Å². The van der Waals surface area contributed by atoms with E-state index in [0.29, 0.717) is 19.4 Å². The molecule has 6 nitrogen and oxygen atoms in total. The molecule has 0 radical (unpaired) electrons. The van der Waals surface area contributed by atoms with Crippen LogP contribution in [0, 0.1) is 0 Å². The van der Waals surface area contributed by atoms with E-state index < -0.39 is 10.0 Å². The third kappa shape index (κ3) is 5.54. The second kappa shape index (κ2) is 10.1. The molecule has 0 spiro atoms. The molecule has 3 rings (SSSR count). The predicted octanol–water partition coefficient (Wildman–Crippen LogP) is 4.27. The Kier molecular flexibility index (Phi) is 7.51. The molecule has 0 aliphatic carbocycles. The summed E-state index contributed by atoms with van der Waals surface area (Å²) < 4.78 is 32.0. The van der Waals surface area contributed by atoms with Crippen molar-refractivity contribution < 1.29 is 17.6 Å². The summed E-state index contributed by atoms with van der Waals surface area (Å²) in [6, 6.07) is 14.6. The van der Waals surface area contributed by atoms with Crippen molar-refractivity contribution >= 4 is 26.9 Å². The van der Waals surface area contributed by atoms with Crippen LogP contribution in [0.3, 0.4) is 0 Å². The highest BCUT2D eigenvalue weighted by molar-refractivity contribution is 7.89. The number of nitrogens with one attached hydrogen (secondary N) is 1.